The first-order valence-corrected chi connectivity index (χ1v) is 16.4. The van der Waals surface area contributed by atoms with Crippen LogP contribution in [0.1, 0.15) is 39.7 Å². The van der Waals surface area contributed by atoms with Crippen LogP contribution >= 0.6 is 39.1 Å². The first-order valence-electron chi connectivity index (χ1n) is 13.4. The van der Waals surface area contributed by atoms with E-state index >= 15 is 0 Å². The molecule has 226 valence electrons. The number of hydrogen-bond acceptors (Lipinski definition) is 5. The van der Waals surface area contributed by atoms with Crippen molar-refractivity contribution in [2.45, 2.75) is 57.6 Å². The maximum atomic E-state index is 14.1. The van der Waals surface area contributed by atoms with Crippen molar-refractivity contribution < 1.29 is 22.7 Å². The summed E-state index contributed by atoms with van der Waals surface area (Å²) < 4.78 is 35.2. The smallest absolute Gasteiger partial charge is 0.264 e. The molecule has 0 aliphatic heterocycles. The number of hydrogen-bond donors (Lipinski definition) is 1. The van der Waals surface area contributed by atoms with Crippen LogP contribution in [0.4, 0.5) is 5.69 Å². The Labute approximate surface area is 266 Å². The summed E-state index contributed by atoms with van der Waals surface area (Å²) >= 11 is 15.7. The van der Waals surface area contributed by atoms with Gasteiger partial charge in [-0.15, -0.1) is 0 Å². The lowest BCUT2D eigenvalue weighted by Gasteiger charge is -2.33. The topological polar surface area (TPSA) is 96.0 Å². The minimum absolute atomic E-state index is 0.00742. The highest BCUT2D eigenvalue weighted by Crippen LogP contribution is 2.28. The monoisotopic (exact) mass is 697 g/mol. The Morgan fingerprint density at radius 1 is 0.952 bits per heavy atom. The SMILES string of the molecule is CCOc1ccc(N(CC(=O)N(Cc2ccc(Cl)c(Cl)c2)C(CC)C(=O)NC(C)C)S(=O)(=O)c2ccc(Br)cc2)cc1. The number of rotatable bonds is 13. The van der Waals surface area contributed by atoms with Crippen molar-refractivity contribution in [2.24, 2.45) is 0 Å². The van der Waals surface area contributed by atoms with Crippen LogP contribution in [0.5, 0.6) is 5.75 Å². The number of benzene rings is 3. The van der Waals surface area contributed by atoms with Crippen LogP contribution in [0.3, 0.4) is 0 Å². The molecule has 1 unspecified atom stereocenters. The fourth-order valence-electron chi connectivity index (χ4n) is 4.27. The predicted octanol–water partition coefficient (Wildman–Crippen LogP) is 6.68. The standard InChI is InChI=1S/C30H34BrCl2N3O5S/c1-5-28(30(38)34-20(3)4)35(18-21-7-16-26(32)27(33)17-21)29(37)19-36(23-10-12-24(13-11-23)41-6-2)42(39,40)25-14-8-22(31)9-15-25/h7-17,20,28H,5-6,18-19H2,1-4H3,(H,34,38). The third kappa shape index (κ3) is 8.63. The number of carbonyl (C=O) groups excluding carboxylic acids is 2. The predicted molar refractivity (Wildman–Crippen MR) is 171 cm³/mol. The van der Waals surface area contributed by atoms with Crippen molar-refractivity contribution in [3.63, 3.8) is 0 Å². The first kappa shape index (κ1) is 33.7. The highest BCUT2D eigenvalue weighted by molar-refractivity contribution is 9.10. The van der Waals surface area contributed by atoms with Gasteiger partial charge in [0.05, 0.1) is 27.2 Å². The Kier molecular flexibility index (Phi) is 12.1. The fourth-order valence-corrected chi connectivity index (χ4v) is 6.27. The average Bonchev–Trinajstić information content (AvgIpc) is 2.94. The molecule has 0 spiro atoms. The summed E-state index contributed by atoms with van der Waals surface area (Å²) in [7, 11) is -4.20. The molecule has 0 heterocycles. The molecule has 0 saturated heterocycles. The van der Waals surface area contributed by atoms with Crippen molar-refractivity contribution in [1.82, 2.24) is 10.2 Å². The molecule has 0 aliphatic rings. The van der Waals surface area contributed by atoms with Crippen LogP contribution in [-0.2, 0) is 26.2 Å². The van der Waals surface area contributed by atoms with Gasteiger partial charge in [0.15, 0.2) is 0 Å². The quantitative estimate of drug-likeness (QED) is 0.215. The summed E-state index contributed by atoms with van der Waals surface area (Å²) in [6, 6.07) is 16.5. The van der Waals surface area contributed by atoms with Gasteiger partial charge >= 0.3 is 0 Å². The average molecular weight is 699 g/mol. The Bertz CT molecular complexity index is 1490. The van der Waals surface area contributed by atoms with Gasteiger partial charge in [0.25, 0.3) is 10.0 Å². The number of halogens is 3. The van der Waals surface area contributed by atoms with Gasteiger partial charge in [0.1, 0.15) is 18.3 Å². The van der Waals surface area contributed by atoms with Gasteiger partial charge in [-0.2, -0.15) is 0 Å². The summed E-state index contributed by atoms with van der Waals surface area (Å²) in [5.41, 5.74) is 0.904. The number of anilines is 1. The number of nitrogens with one attached hydrogen (secondary N) is 1. The Hall–Kier alpha value is -2.79. The lowest BCUT2D eigenvalue weighted by molar-refractivity contribution is -0.140. The molecule has 0 fully saturated rings. The van der Waals surface area contributed by atoms with Crippen LogP contribution in [0.2, 0.25) is 10.0 Å². The second-order valence-corrected chi connectivity index (χ2v) is 13.3. The van der Waals surface area contributed by atoms with Gasteiger partial charge in [-0.05, 0) is 93.4 Å². The van der Waals surface area contributed by atoms with Crippen molar-refractivity contribution in [2.75, 3.05) is 17.5 Å². The molecule has 42 heavy (non-hydrogen) atoms. The van der Waals surface area contributed by atoms with E-state index in [-0.39, 0.29) is 29.1 Å². The first-order chi connectivity index (χ1) is 19.9. The van der Waals surface area contributed by atoms with Gasteiger partial charge in [-0.25, -0.2) is 8.42 Å². The lowest BCUT2D eigenvalue weighted by atomic mass is 10.1. The van der Waals surface area contributed by atoms with E-state index in [1.54, 1.807) is 61.5 Å². The molecule has 0 aromatic heterocycles. The van der Waals surface area contributed by atoms with E-state index in [9.17, 15) is 18.0 Å². The molecule has 0 bridgehead atoms. The molecule has 0 aliphatic carbocycles. The summed E-state index contributed by atoms with van der Waals surface area (Å²) in [6.45, 7) is 7.19. The van der Waals surface area contributed by atoms with Gasteiger partial charge in [0.2, 0.25) is 11.8 Å². The van der Waals surface area contributed by atoms with E-state index in [0.717, 1.165) is 4.31 Å². The molecule has 1 N–H and O–H groups in total. The Morgan fingerprint density at radius 3 is 2.14 bits per heavy atom. The van der Waals surface area contributed by atoms with Crippen molar-refractivity contribution in [3.05, 3.63) is 86.8 Å². The largest absolute Gasteiger partial charge is 0.494 e. The molecule has 0 radical (unpaired) electrons. The van der Waals surface area contributed by atoms with E-state index in [4.69, 9.17) is 27.9 Å². The van der Waals surface area contributed by atoms with Crippen LogP contribution in [0.15, 0.2) is 76.1 Å². The molecular weight excluding hydrogens is 665 g/mol. The summed E-state index contributed by atoms with van der Waals surface area (Å²) in [5, 5.41) is 3.52. The van der Waals surface area contributed by atoms with E-state index in [0.29, 0.717) is 38.9 Å². The number of ether oxygens (including phenoxy) is 1. The molecule has 1 atom stereocenters. The second kappa shape index (κ2) is 15.1. The van der Waals surface area contributed by atoms with Crippen LogP contribution in [0, 0.1) is 0 Å². The number of amides is 2. The molecule has 3 rings (SSSR count). The van der Waals surface area contributed by atoms with Crippen LogP contribution < -0.4 is 14.4 Å². The molecule has 2 amide bonds. The molecule has 3 aromatic rings. The summed E-state index contributed by atoms with van der Waals surface area (Å²) in [5.74, 6) is -0.350. The zero-order chi connectivity index (χ0) is 31.0. The Balaban J connectivity index is 2.08. The number of nitrogens with zero attached hydrogens (tertiary/aromatic N) is 2. The van der Waals surface area contributed by atoms with Crippen molar-refractivity contribution >= 4 is 66.7 Å². The van der Waals surface area contributed by atoms with E-state index in [1.165, 1.54) is 17.0 Å². The van der Waals surface area contributed by atoms with Crippen LogP contribution in [0.25, 0.3) is 0 Å². The highest BCUT2D eigenvalue weighted by atomic mass is 79.9. The van der Waals surface area contributed by atoms with Crippen molar-refractivity contribution in [3.8, 4) is 5.75 Å². The third-order valence-electron chi connectivity index (χ3n) is 6.27. The van der Waals surface area contributed by atoms with Gasteiger partial charge in [0, 0.05) is 17.1 Å². The fraction of sp³-hybridized carbons (Fsp3) is 0.333. The molecule has 3 aromatic carbocycles. The van der Waals surface area contributed by atoms with Crippen LogP contribution in [-0.4, -0.2) is 50.4 Å². The molecule has 12 heteroatoms. The van der Waals surface area contributed by atoms with Gasteiger partial charge < -0.3 is 15.0 Å². The Morgan fingerprint density at radius 2 is 1.60 bits per heavy atom. The zero-order valence-corrected chi connectivity index (χ0v) is 27.7. The maximum Gasteiger partial charge on any atom is 0.264 e. The molecular formula is C30H34BrCl2N3O5S. The van der Waals surface area contributed by atoms with E-state index < -0.39 is 28.5 Å². The lowest BCUT2D eigenvalue weighted by Crippen LogP contribution is -2.53. The van der Waals surface area contributed by atoms with Crippen molar-refractivity contribution in [1.29, 1.82) is 0 Å². The zero-order valence-electron chi connectivity index (χ0n) is 23.8. The third-order valence-corrected chi connectivity index (χ3v) is 9.33. The minimum atomic E-state index is -4.20. The summed E-state index contributed by atoms with van der Waals surface area (Å²) in [6.07, 6.45) is 0.300. The molecule has 8 nitrogen and oxygen atoms in total. The van der Waals surface area contributed by atoms with Gasteiger partial charge in [-0.1, -0.05) is 52.1 Å². The van der Waals surface area contributed by atoms with E-state index in [1.807, 2.05) is 20.8 Å². The highest BCUT2D eigenvalue weighted by Gasteiger charge is 2.34. The normalized spacial score (nSPS) is 12.1. The number of carbonyl (C=O) groups is 2. The second-order valence-electron chi connectivity index (χ2n) is 9.75. The molecule has 0 saturated carbocycles. The van der Waals surface area contributed by atoms with E-state index in [2.05, 4.69) is 21.2 Å². The minimum Gasteiger partial charge on any atom is -0.494 e. The van der Waals surface area contributed by atoms with Gasteiger partial charge in [-0.3, -0.25) is 13.9 Å². The maximum absolute atomic E-state index is 14.1. The summed E-state index contributed by atoms with van der Waals surface area (Å²) in [4.78, 5) is 28.8. The number of sulfonamides is 1.